The van der Waals surface area contributed by atoms with Gasteiger partial charge in [-0.05, 0) is 37.9 Å². The molecule has 0 aliphatic carbocycles. The highest BCUT2D eigenvalue weighted by Gasteiger charge is 2.31. The zero-order valence-corrected chi connectivity index (χ0v) is 17.4. The van der Waals surface area contributed by atoms with Crippen LogP contribution in [0.25, 0.3) is 5.76 Å². The highest BCUT2D eigenvalue weighted by Crippen LogP contribution is 2.27. The van der Waals surface area contributed by atoms with Crippen LogP contribution in [0.4, 0.5) is 0 Å². The number of nitrogens with one attached hydrogen (secondary N) is 1. The van der Waals surface area contributed by atoms with Crippen molar-refractivity contribution in [1.29, 1.82) is 0 Å². The number of hydroxylamine groups is 1. The molecule has 1 amide bonds. The molecule has 1 aromatic carbocycles. The van der Waals surface area contributed by atoms with Crippen LogP contribution in [-0.2, 0) is 40.4 Å². The summed E-state index contributed by atoms with van der Waals surface area (Å²) in [5.41, 5.74) is 2.18. The predicted octanol–water partition coefficient (Wildman–Crippen LogP) is 0.451. The highest BCUT2D eigenvalue weighted by atomic mass is 32.2. The molecule has 0 atom stereocenters. The summed E-state index contributed by atoms with van der Waals surface area (Å²) in [5, 5.41) is 8.89. The van der Waals surface area contributed by atoms with Crippen molar-refractivity contribution in [3.63, 3.8) is 0 Å². The third-order valence-corrected chi connectivity index (χ3v) is 5.81. The lowest BCUT2D eigenvalue weighted by molar-refractivity contribution is -0.148. The molecule has 0 saturated heterocycles. The Labute approximate surface area is 177 Å². The van der Waals surface area contributed by atoms with Gasteiger partial charge >= 0.3 is 17.8 Å². The number of rotatable bonds is 6. The summed E-state index contributed by atoms with van der Waals surface area (Å²) < 4.78 is 36.5. The summed E-state index contributed by atoms with van der Waals surface area (Å²) in [6.07, 6.45) is 1.51. The highest BCUT2D eigenvalue weighted by molar-refractivity contribution is 7.90. The molecule has 3 rings (SSSR count). The number of esters is 2. The summed E-state index contributed by atoms with van der Waals surface area (Å²) in [5.74, 6) is -4.60. The Morgan fingerprint density at radius 1 is 1.13 bits per heavy atom. The quantitative estimate of drug-likeness (QED) is 0.278. The molecule has 1 aromatic heterocycles. The maximum absolute atomic E-state index is 12.9. The maximum atomic E-state index is 12.9. The van der Waals surface area contributed by atoms with E-state index in [9.17, 15) is 22.8 Å². The minimum atomic E-state index is -4.00. The number of ether oxygens (including phenoxy) is 2. The van der Waals surface area contributed by atoms with Gasteiger partial charge in [-0.2, -0.15) is 0 Å². The van der Waals surface area contributed by atoms with Gasteiger partial charge < -0.3 is 14.4 Å². The third-order valence-electron chi connectivity index (χ3n) is 4.16. The number of benzene rings is 1. The minimum absolute atomic E-state index is 0.0174. The first-order chi connectivity index (χ1) is 14.6. The van der Waals surface area contributed by atoms with Gasteiger partial charge in [-0.3, -0.25) is 19.6 Å². The zero-order valence-electron chi connectivity index (χ0n) is 16.6. The summed E-state index contributed by atoms with van der Waals surface area (Å²) >= 11 is 0. The number of carbonyl (C=O) groups is 3. The number of carbonyl (C=O) groups excluding carboxylic acids is 3. The Morgan fingerprint density at radius 3 is 2.39 bits per heavy atom. The standard InChI is InChI=1S/C19H19N3O8S/c1-21(2)10-12-3-5-14(6-4-12)31(27,28)22-8-7-13(11-22)17-18(19(25)20-26)30-16(24)9-15(23)29-17/h3-8,11,26H,9-10H2,1-2H3,(H,20,25). The molecular weight excluding hydrogens is 430 g/mol. The van der Waals surface area contributed by atoms with Crippen LogP contribution in [0.1, 0.15) is 17.5 Å². The molecule has 0 bridgehead atoms. The van der Waals surface area contributed by atoms with E-state index in [-0.39, 0.29) is 10.5 Å². The van der Waals surface area contributed by atoms with Crippen molar-refractivity contribution >= 4 is 33.6 Å². The van der Waals surface area contributed by atoms with E-state index >= 15 is 0 Å². The lowest BCUT2D eigenvalue weighted by Gasteiger charge is -2.11. The fourth-order valence-corrected chi connectivity index (χ4v) is 4.01. The van der Waals surface area contributed by atoms with E-state index < -0.39 is 45.8 Å². The Morgan fingerprint density at radius 2 is 1.77 bits per heavy atom. The van der Waals surface area contributed by atoms with Crippen LogP contribution in [0.3, 0.4) is 0 Å². The number of aromatic nitrogens is 1. The van der Waals surface area contributed by atoms with E-state index in [1.165, 1.54) is 29.9 Å². The Kier molecular flexibility index (Phi) is 6.24. The van der Waals surface area contributed by atoms with Gasteiger partial charge in [0, 0.05) is 24.5 Å². The lowest BCUT2D eigenvalue weighted by Crippen LogP contribution is -2.24. The largest absolute Gasteiger partial charge is 0.421 e. The summed E-state index contributed by atoms with van der Waals surface area (Å²) in [4.78, 5) is 37.2. The average molecular weight is 449 g/mol. The molecule has 2 heterocycles. The minimum Gasteiger partial charge on any atom is -0.421 e. The van der Waals surface area contributed by atoms with Crippen LogP contribution in [0.2, 0.25) is 0 Å². The van der Waals surface area contributed by atoms with Gasteiger partial charge in [0.05, 0.1) is 4.90 Å². The molecule has 0 fully saturated rings. The van der Waals surface area contributed by atoms with Gasteiger partial charge in [0.25, 0.3) is 10.0 Å². The second-order valence-electron chi connectivity index (χ2n) is 6.84. The molecule has 0 radical (unpaired) electrons. The van der Waals surface area contributed by atoms with Crippen molar-refractivity contribution in [3.05, 3.63) is 59.6 Å². The van der Waals surface area contributed by atoms with Crippen molar-refractivity contribution in [2.75, 3.05) is 14.1 Å². The molecule has 0 saturated carbocycles. The monoisotopic (exact) mass is 449 g/mol. The van der Waals surface area contributed by atoms with Gasteiger partial charge in [-0.25, -0.2) is 17.9 Å². The van der Waals surface area contributed by atoms with Gasteiger partial charge in [-0.15, -0.1) is 0 Å². The fourth-order valence-electron chi connectivity index (χ4n) is 2.82. The van der Waals surface area contributed by atoms with E-state index in [4.69, 9.17) is 14.7 Å². The van der Waals surface area contributed by atoms with E-state index in [1.54, 1.807) is 12.1 Å². The first kappa shape index (κ1) is 22.2. The van der Waals surface area contributed by atoms with E-state index in [2.05, 4.69) is 0 Å². The van der Waals surface area contributed by atoms with E-state index in [0.29, 0.717) is 6.54 Å². The summed E-state index contributed by atoms with van der Waals surface area (Å²) in [6.45, 7) is 0.641. The Bertz CT molecular complexity index is 1160. The van der Waals surface area contributed by atoms with Crippen LogP contribution < -0.4 is 5.48 Å². The number of hydrogen-bond acceptors (Lipinski definition) is 9. The van der Waals surface area contributed by atoms with Crippen LogP contribution in [0, 0.1) is 0 Å². The topological polar surface area (TPSA) is 144 Å². The molecule has 1 aliphatic rings. The molecule has 0 spiro atoms. The van der Waals surface area contributed by atoms with E-state index in [1.807, 2.05) is 19.0 Å². The molecule has 1 aliphatic heterocycles. The third kappa shape index (κ3) is 4.82. The normalized spacial score (nSPS) is 14.8. The number of nitrogens with zero attached hydrogens (tertiary/aromatic N) is 2. The number of amides is 1. The van der Waals surface area contributed by atoms with Crippen molar-refractivity contribution in [2.45, 2.75) is 17.9 Å². The van der Waals surface area contributed by atoms with Crippen LogP contribution in [0.5, 0.6) is 0 Å². The summed E-state index contributed by atoms with van der Waals surface area (Å²) in [6, 6.07) is 7.56. The number of cyclic esters (lactones) is 2. The van der Waals surface area contributed by atoms with Gasteiger partial charge in [0.1, 0.15) is 6.42 Å². The smallest absolute Gasteiger partial charge is 0.322 e. The maximum Gasteiger partial charge on any atom is 0.322 e. The van der Waals surface area contributed by atoms with Crippen molar-refractivity contribution < 1.29 is 37.5 Å². The van der Waals surface area contributed by atoms with Gasteiger partial charge in [-0.1, -0.05) is 12.1 Å². The molecule has 2 N–H and O–H groups in total. The predicted molar refractivity (Wildman–Crippen MR) is 104 cm³/mol. The molecule has 0 unspecified atom stereocenters. The molecule has 12 heteroatoms. The van der Waals surface area contributed by atoms with Crippen LogP contribution in [-0.4, -0.2) is 54.4 Å². The fraction of sp³-hybridized carbons (Fsp3) is 0.211. The Balaban J connectivity index is 1.99. The zero-order chi connectivity index (χ0) is 22.8. The van der Waals surface area contributed by atoms with Crippen LogP contribution in [0.15, 0.2) is 53.4 Å². The molecule has 164 valence electrons. The molecule has 2 aromatic rings. The van der Waals surface area contributed by atoms with Gasteiger partial charge in [0.2, 0.25) is 5.76 Å². The van der Waals surface area contributed by atoms with E-state index in [0.717, 1.165) is 15.7 Å². The van der Waals surface area contributed by atoms with Crippen molar-refractivity contribution in [3.8, 4) is 0 Å². The first-order valence-corrected chi connectivity index (χ1v) is 10.3. The summed E-state index contributed by atoms with van der Waals surface area (Å²) in [7, 11) is -0.212. The first-order valence-electron chi connectivity index (χ1n) is 8.89. The van der Waals surface area contributed by atoms with Crippen molar-refractivity contribution in [1.82, 2.24) is 14.4 Å². The molecular formula is C19H19N3O8S. The van der Waals surface area contributed by atoms with Gasteiger partial charge in [0.15, 0.2) is 5.76 Å². The molecule has 31 heavy (non-hydrogen) atoms. The SMILES string of the molecule is CN(C)Cc1ccc(S(=O)(=O)n2ccc(C3=C(C(=O)NO)OC(=O)CC(=O)O3)c2)cc1. The van der Waals surface area contributed by atoms with Crippen molar-refractivity contribution in [2.24, 2.45) is 0 Å². The average Bonchev–Trinajstić information content (AvgIpc) is 3.15. The number of hydrogen-bond donors (Lipinski definition) is 2. The lowest BCUT2D eigenvalue weighted by atomic mass is 10.2. The Hall–Kier alpha value is -3.48. The second-order valence-corrected chi connectivity index (χ2v) is 8.68. The molecule has 11 nitrogen and oxygen atoms in total. The van der Waals surface area contributed by atoms with Crippen LogP contribution >= 0.6 is 0 Å². The second kappa shape index (κ2) is 8.71.